The standard InChI is InChI=1S/C21H44NO6P/c1-19(2)15-13-11-9-7-5-3-4-6-8-10-12-14-16-21(24)22-17-20(23)18-28-29(25,26)27/h19-20,23H,3-18H2,1-2H3,(H,22,24)(H2,25,26,27). The van der Waals surface area contributed by atoms with Gasteiger partial charge in [0.05, 0.1) is 12.7 Å². The van der Waals surface area contributed by atoms with Crippen LogP contribution in [0.5, 0.6) is 0 Å². The molecular formula is C21H44NO6P. The van der Waals surface area contributed by atoms with Crippen LogP contribution in [0.25, 0.3) is 0 Å². The molecule has 1 amide bonds. The largest absolute Gasteiger partial charge is 0.469 e. The number of phosphoric ester groups is 1. The Morgan fingerprint density at radius 1 is 0.862 bits per heavy atom. The van der Waals surface area contributed by atoms with E-state index in [1.165, 1.54) is 64.2 Å². The van der Waals surface area contributed by atoms with Gasteiger partial charge in [0, 0.05) is 13.0 Å². The summed E-state index contributed by atoms with van der Waals surface area (Å²) in [5, 5.41) is 12.0. The lowest BCUT2D eigenvalue weighted by atomic mass is 10.0. The third-order valence-corrected chi connectivity index (χ3v) is 5.39. The minimum Gasteiger partial charge on any atom is -0.389 e. The zero-order chi connectivity index (χ0) is 22.0. The van der Waals surface area contributed by atoms with Gasteiger partial charge in [0.2, 0.25) is 5.91 Å². The molecule has 0 aliphatic heterocycles. The predicted molar refractivity (Wildman–Crippen MR) is 116 cm³/mol. The molecule has 0 bridgehead atoms. The molecule has 0 aromatic rings. The van der Waals surface area contributed by atoms with Crippen molar-refractivity contribution in [3.05, 3.63) is 0 Å². The average Bonchev–Trinajstić information content (AvgIpc) is 2.64. The van der Waals surface area contributed by atoms with E-state index in [1.54, 1.807) is 0 Å². The Kier molecular flexibility index (Phi) is 18.0. The molecular weight excluding hydrogens is 393 g/mol. The highest BCUT2D eigenvalue weighted by molar-refractivity contribution is 7.46. The maximum Gasteiger partial charge on any atom is 0.469 e. The van der Waals surface area contributed by atoms with Crippen molar-refractivity contribution in [3.8, 4) is 0 Å². The van der Waals surface area contributed by atoms with Gasteiger partial charge in [-0.3, -0.25) is 9.32 Å². The molecule has 0 radical (unpaired) electrons. The van der Waals surface area contributed by atoms with Crippen molar-refractivity contribution < 1.29 is 28.8 Å². The van der Waals surface area contributed by atoms with E-state index in [1.807, 2.05) is 0 Å². The second-order valence-corrected chi connectivity index (χ2v) is 9.66. The summed E-state index contributed by atoms with van der Waals surface area (Å²) in [5.74, 6) is 0.675. The Labute approximate surface area is 177 Å². The lowest BCUT2D eigenvalue weighted by Gasteiger charge is -2.12. The van der Waals surface area contributed by atoms with Crippen molar-refractivity contribution in [1.82, 2.24) is 5.32 Å². The number of rotatable bonds is 20. The molecule has 0 heterocycles. The van der Waals surface area contributed by atoms with E-state index in [0.717, 1.165) is 25.2 Å². The van der Waals surface area contributed by atoms with Gasteiger partial charge in [-0.15, -0.1) is 0 Å². The number of aliphatic hydroxyl groups excluding tert-OH is 1. The molecule has 0 spiro atoms. The Bertz CT molecular complexity index is 441. The summed E-state index contributed by atoms with van der Waals surface area (Å²) in [5.41, 5.74) is 0. The van der Waals surface area contributed by atoms with Crippen LogP contribution in [0.2, 0.25) is 0 Å². The summed E-state index contributed by atoms with van der Waals surface area (Å²) in [4.78, 5) is 28.7. The lowest BCUT2D eigenvalue weighted by Crippen LogP contribution is -2.34. The minimum atomic E-state index is -4.59. The summed E-state index contributed by atoms with van der Waals surface area (Å²) in [6.45, 7) is 4.00. The third kappa shape index (κ3) is 23.7. The number of carbonyl (C=O) groups is 1. The molecule has 0 fully saturated rings. The first-order chi connectivity index (χ1) is 13.7. The van der Waals surface area contributed by atoms with Crippen molar-refractivity contribution in [2.24, 2.45) is 5.92 Å². The van der Waals surface area contributed by atoms with Crippen LogP contribution < -0.4 is 5.32 Å². The number of carbonyl (C=O) groups excluding carboxylic acids is 1. The molecule has 8 heteroatoms. The third-order valence-electron chi connectivity index (χ3n) is 4.91. The molecule has 0 aliphatic carbocycles. The number of hydrogen-bond acceptors (Lipinski definition) is 4. The smallest absolute Gasteiger partial charge is 0.389 e. The highest BCUT2D eigenvalue weighted by Crippen LogP contribution is 2.35. The fraction of sp³-hybridized carbons (Fsp3) is 0.952. The van der Waals surface area contributed by atoms with E-state index >= 15 is 0 Å². The minimum absolute atomic E-state index is 0.0729. The maximum atomic E-state index is 11.7. The molecule has 0 saturated heterocycles. The van der Waals surface area contributed by atoms with Crippen LogP contribution in [0.4, 0.5) is 0 Å². The number of nitrogens with one attached hydrogen (secondary N) is 1. The second kappa shape index (κ2) is 18.3. The van der Waals surface area contributed by atoms with Crippen LogP contribution in [0.15, 0.2) is 0 Å². The zero-order valence-electron chi connectivity index (χ0n) is 18.5. The van der Waals surface area contributed by atoms with Crippen LogP contribution in [0, 0.1) is 5.92 Å². The number of aliphatic hydroxyl groups is 1. The molecule has 0 aromatic carbocycles. The quantitative estimate of drug-likeness (QED) is 0.162. The number of unbranched alkanes of at least 4 members (excludes halogenated alkanes) is 11. The van der Waals surface area contributed by atoms with Crippen LogP contribution >= 0.6 is 7.82 Å². The fourth-order valence-electron chi connectivity index (χ4n) is 3.17. The van der Waals surface area contributed by atoms with Crippen LogP contribution in [-0.2, 0) is 13.9 Å². The molecule has 174 valence electrons. The molecule has 1 unspecified atom stereocenters. The Morgan fingerprint density at radius 3 is 1.76 bits per heavy atom. The molecule has 7 nitrogen and oxygen atoms in total. The van der Waals surface area contributed by atoms with Crippen molar-refractivity contribution in [2.45, 2.75) is 110 Å². The average molecular weight is 438 g/mol. The summed E-state index contributed by atoms with van der Waals surface area (Å²) < 4.78 is 14.7. The van der Waals surface area contributed by atoms with Crippen molar-refractivity contribution in [3.63, 3.8) is 0 Å². The zero-order valence-corrected chi connectivity index (χ0v) is 19.4. The Balaban J connectivity index is 3.31. The van der Waals surface area contributed by atoms with Crippen molar-refractivity contribution >= 4 is 13.7 Å². The maximum absolute atomic E-state index is 11.7. The number of phosphoric acid groups is 1. The first kappa shape index (κ1) is 28.5. The lowest BCUT2D eigenvalue weighted by molar-refractivity contribution is -0.121. The Hall–Kier alpha value is -0.460. The first-order valence-electron chi connectivity index (χ1n) is 11.4. The molecule has 4 N–H and O–H groups in total. The van der Waals surface area contributed by atoms with E-state index in [4.69, 9.17) is 9.79 Å². The van der Waals surface area contributed by atoms with Gasteiger partial charge in [0.1, 0.15) is 0 Å². The molecule has 29 heavy (non-hydrogen) atoms. The van der Waals surface area contributed by atoms with Gasteiger partial charge in [-0.05, 0) is 12.3 Å². The SMILES string of the molecule is CC(C)CCCCCCCCCCCCCCC(=O)NCC(O)COP(=O)(O)O. The highest BCUT2D eigenvalue weighted by atomic mass is 31.2. The fourth-order valence-corrected chi connectivity index (χ4v) is 3.53. The monoisotopic (exact) mass is 437 g/mol. The first-order valence-corrected chi connectivity index (χ1v) is 12.9. The van der Waals surface area contributed by atoms with Crippen LogP contribution in [0.1, 0.15) is 104 Å². The molecule has 0 aliphatic rings. The topological polar surface area (TPSA) is 116 Å². The molecule has 0 saturated carbocycles. The summed E-state index contributed by atoms with van der Waals surface area (Å²) >= 11 is 0. The van der Waals surface area contributed by atoms with Gasteiger partial charge < -0.3 is 20.2 Å². The van der Waals surface area contributed by atoms with Gasteiger partial charge in [-0.25, -0.2) is 4.57 Å². The summed E-state index contributed by atoms with van der Waals surface area (Å²) in [6.07, 6.45) is 15.6. The Morgan fingerprint density at radius 2 is 1.31 bits per heavy atom. The van der Waals surface area contributed by atoms with E-state index in [-0.39, 0.29) is 12.5 Å². The van der Waals surface area contributed by atoms with Crippen LogP contribution in [0.3, 0.4) is 0 Å². The van der Waals surface area contributed by atoms with Gasteiger partial charge in [-0.1, -0.05) is 90.9 Å². The van der Waals surface area contributed by atoms with E-state index < -0.39 is 20.5 Å². The molecule has 0 aromatic heterocycles. The van der Waals surface area contributed by atoms with Crippen molar-refractivity contribution in [1.29, 1.82) is 0 Å². The van der Waals surface area contributed by atoms with Gasteiger partial charge in [0.25, 0.3) is 0 Å². The number of hydrogen-bond donors (Lipinski definition) is 4. The van der Waals surface area contributed by atoms with Gasteiger partial charge in [0.15, 0.2) is 0 Å². The van der Waals surface area contributed by atoms with Crippen LogP contribution in [-0.4, -0.2) is 40.1 Å². The van der Waals surface area contributed by atoms with Gasteiger partial charge >= 0.3 is 7.82 Å². The van der Waals surface area contributed by atoms with E-state index in [2.05, 4.69) is 23.7 Å². The molecule has 1 atom stereocenters. The van der Waals surface area contributed by atoms with Gasteiger partial charge in [-0.2, -0.15) is 0 Å². The second-order valence-electron chi connectivity index (χ2n) is 8.42. The normalized spacial score (nSPS) is 13.0. The predicted octanol–water partition coefficient (Wildman–Crippen LogP) is 4.69. The summed E-state index contributed by atoms with van der Waals surface area (Å²) in [6, 6.07) is 0. The molecule has 0 rings (SSSR count). The van der Waals surface area contributed by atoms with Crippen molar-refractivity contribution in [2.75, 3.05) is 13.2 Å². The summed E-state index contributed by atoms with van der Waals surface area (Å²) in [7, 11) is -4.59. The highest BCUT2D eigenvalue weighted by Gasteiger charge is 2.17. The van der Waals surface area contributed by atoms with E-state index in [9.17, 15) is 14.5 Å². The van der Waals surface area contributed by atoms with E-state index in [0.29, 0.717) is 6.42 Å². The number of amides is 1.